The minimum Gasteiger partial charge on any atom is -0.481 e. The fraction of sp³-hybridized carbons (Fsp3) is 0.438. The van der Waals surface area contributed by atoms with E-state index in [0.29, 0.717) is 5.56 Å². The van der Waals surface area contributed by atoms with Gasteiger partial charge in [-0.1, -0.05) is 46.3 Å². The van der Waals surface area contributed by atoms with Gasteiger partial charge < -0.3 is 15.3 Å². The van der Waals surface area contributed by atoms with Crippen LogP contribution in [-0.2, 0) is 30.1 Å². The van der Waals surface area contributed by atoms with Crippen molar-refractivity contribution in [3.05, 3.63) is 35.9 Å². The third kappa shape index (κ3) is 2.36. The number of carboxylic acid groups (broad SMARTS) is 1. The van der Waals surface area contributed by atoms with E-state index in [2.05, 4.69) is 21.2 Å². The number of rotatable bonds is 4. The molecule has 2 fully saturated rings. The molecule has 0 bridgehead atoms. The summed E-state index contributed by atoms with van der Waals surface area (Å²) in [7, 11) is -1.84. The Hall–Kier alpha value is -1.74. The van der Waals surface area contributed by atoms with Crippen LogP contribution >= 0.6 is 15.9 Å². The number of aliphatic carboxylic acids is 1. The number of nitrogens with zero attached hydrogens (tertiary/aromatic N) is 1. The smallest absolute Gasteiger partial charge is 0.316 e. The average molecular weight is 429 g/mol. The summed E-state index contributed by atoms with van der Waals surface area (Å²) in [5.74, 6) is -1.94. The topological polar surface area (TPSA) is 104 Å². The van der Waals surface area contributed by atoms with Crippen LogP contribution in [0.4, 0.5) is 0 Å². The van der Waals surface area contributed by atoms with E-state index < -0.39 is 38.3 Å². The van der Waals surface area contributed by atoms with Crippen molar-refractivity contribution in [1.29, 1.82) is 0 Å². The normalized spacial score (nSPS) is 34.0. The van der Waals surface area contributed by atoms with Gasteiger partial charge >= 0.3 is 5.97 Å². The summed E-state index contributed by atoms with van der Waals surface area (Å²) < 4.78 is 13.5. The largest absolute Gasteiger partial charge is 0.481 e. The Labute approximate surface area is 155 Å². The standard InChI is InChI=1S/C16H17BrN2O5S/c1-10(20)18-16(11-5-3-2-4-6-11)15(8-17,14(22)23)9-19-12(21)7-13(19)25(16)24/h2-6,13H,7-9H2,1H3,(H,18,20)(H,22,23)/t13-,15?,16?,25+/m1/s1. The monoisotopic (exact) mass is 428 g/mol. The molecule has 0 aromatic heterocycles. The number of alkyl halides is 1. The summed E-state index contributed by atoms with van der Waals surface area (Å²) in [5, 5.41) is 12.1. The highest BCUT2D eigenvalue weighted by atomic mass is 79.9. The second-order valence-corrected chi connectivity index (χ2v) is 8.54. The Bertz CT molecular complexity index is 773. The molecule has 0 radical (unpaired) electrons. The third-order valence-electron chi connectivity index (χ3n) is 4.85. The SMILES string of the molecule is CC(=O)NC1(c2ccccc2)[S@@](=O)[C@@H]2CC(=O)N2CC1(CBr)C(=O)O. The predicted molar refractivity (Wildman–Crippen MR) is 94.1 cm³/mol. The molecule has 3 rings (SSSR count). The van der Waals surface area contributed by atoms with Crippen LogP contribution in [0.25, 0.3) is 0 Å². The van der Waals surface area contributed by atoms with E-state index in [-0.39, 0.29) is 24.2 Å². The van der Waals surface area contributed by atoms with Gasteiger partial charge in [0.25, 0.3) is 0 Å². The summed E-state index contributed by atoms with van der Waals surface area (Å²) in [6.07, 6.45) is 0.0821. The molecule has 25 heavy (non-hydrogen) atoms. The van der Waals surface area contributed by atoms with Crippen molar-refractivity contribution in [1.82, 2.24) is 10.2 Å². The number of halogens is 1. The number of amides is 2. The highest BCUT2D eigenvalue weighted by Crippen LogP contribution is 2.52. The maximum atomic E-state index is 13.5. The molecule has 4 atom stereocenters. The van der Waals surface area contributed by atoms with E-state index in [1.165, 1.54) is 11.8 Å². The second kappa shape index (κ2) is 6.21. The van der Waals surface area contributed by atoms with Crippen LogP contribution in [0.15, 0.2) is 30.3 Å². The first-order valence-corrected chi connectivity index (χ1v) is 9.97. The van der Waals surface area contributed by atoms with Gasteiger partial charge in [-0.05, 0) is 5.56 Å². The minimum atomic E-state index is -1.84. The van der Waals surface area contributed by atoms with Gasteiger partial charge in [-0.3, -0.25) is 18.6 Å². The van der Waals surface area contributed by atoms with Gasteiger partial charge in [0.2, 0.25) is 11.8 Å². The van der Waals surface area contributed by atoms with Gasteiger partial charge in [0, 0.05) is 18.8 Å². The summed E-state index contributed by atoms with van der Waals surface area (Å²) >= 11 is 3.25. The number of carbonyl (C=O) groups excluding carboxylic acids is 2. The van der Waals surface area contributed by atoms with Crippen LogP contribution < -0.4 is 5.32 Å². The Morgan fingerprint density at radius 1 is 1.40 bits per heavy atom. The van der Waals surface area contributed by atoms with E-state index in [1.807, 2.05) is 0 Å². The molecular weight excluding hydrogens is 412 g/mol. The number of β-lactam (4-membered cyclic amide) rings is 1. The van der Waals surface area contributed by atoms with E-state index in [0.717, 1.165) is 0 Å². The lowest BCUT2D eigenvalue weighted by atomic mass is 9.76. The molecule has 134 valence electrons. The molecule has 0 spiro atoms. The van der Waals surface area contributed by atoms with Crippen LogP contribution in [0.1, 0.15) is 18.9 Å². The highest BCUT2D eigenvalue weighted by Gasteiger charge is 2.70. The zero-order chi connectivity index (χ0) is 18.4. The van der Waals surface area contributed by atoms with Crippen molar-refractivity contribution in [2.45, 2.75) is 23.6 Å². The molecule has 0 aliphatic carbocycles. The molecule has 9 heteroatoms. The van der Waals surface area contributed by atoms with E-state index in [4.69, 9.17) is 0 Å². The van der Waals surface area contributed by atoms with E-state index in [1.54, 1.807) is 30.3 Å². The van der Waals surface area contributed by atoms with E-state index in [9.17, 15) is 23.7 Å². The van der Waals surface area contributed by atoms with Crippen molar-refractivity contribution in [3.8, 4) is 0 Å². The predicted octanol–water partition coefficient (Wildman–Crippen LogP) is 0.762. The van der Waals surface area contributed by atoms with Crippen LogP contribution in [-0.4, -0.2) is 49.2 Å². The van der Waals surface area contributed by atoms with Gasteiger partial charge in [-0.15, -0.1) is 0 Å². The van der Waals surface area contributed by atoms with Gasteiger partial charge in [0.15, 0.2) is 4.87 Å². The van der Waals surface area contributed by atoms with Crippen molar-refractivity contribution in [2.24, 2.45) is 5.41 Å². The summed E-state index contributed by atoms with van der Waals surface area (Å²) in [6.45, 7) is 1.14. The van der Waals surface area contributed by atoms with Crippen molar-refractivity contribution >= 4 is 44.5 Å². The summed E-state index contributed by atoms with van der Waals surface area (Å²) in [4.78, 5) is 36.0. The molecule has 2 saturated heterocycles. The van der Waals surface area contributed by atoms with Crippen LogP contribution in [0.5, 0.6) is 0 Å². The maximum absolute atomic E-state index is 13.5. The minimum absolute atomic E-state index is 0.0766. The first-order valence-electron chi connectivity index (χ1n) is 7.64. The number of benzene rings is 1. The highest BCUT2D eigenvalue weighted by molar-refractivity contribution is 9.09. The fourth-order valence-electron chi connectivity index (χ4n) is 3.57. The van der Waals surface area contributed by atoms with E-state index >= 15 is 0 Å². The average Bonchev–Trinajstić information content (AvgIpc) is 2.58. The molecule has 0 saturated carbocycles. The molecule has 2 aliphatic heterocycles. The molecular formula is C16H17BrN2O5S. The lowest BCUT2D eigenvalue weighted by molar-refractivity contribution is -0.160. The fourth-order valence-corrected chi connectivity index (χ4v) is 6.94. The first kappa shape index (κ1) is 18.1. The Morgan fingerprint density at radius 2 is 2.04 bits per heavy atom. The maximum Gasteiger partial charge on any atom is 0.316 e. The summed E-state index contributed by atoms with van der Waals surface area (Å²) in [5.41, 5.74) is -1.22. The number of carboxylic acids is 1. The third-order valence-corrected chi connectivity index (χ3v) is 8.05. The molecule has 2 amide bonds. The number of hydrogen-bond acceptors (Lipinski definition) is 4. The number of nitrogens with one attached hydrogen (secondary N) is 1. The molecule has 2 unspecified atom stereocenters. The number of carbonyl (C=O) groups is 3. The summed E-state index contributed by atoms with van der Waals surface area (Å²) in [6, 6.07) is 8.48. The molecule has 7 nitrogen and oxygen atoms in total. The van der Waals surface area contributed by atoms with Crippen molar-refractivity contribution < 1.29 is 23.7 Å². The Balaban J connectivity index is 2.30. The van der Waals surface area contributed by atoms with Gasteiger partial charge in [0.05, 0.1) is 17.2 Å². The van der Waals surface area contributed by atoms with Crippen molar-refractivity contribution in [3.63, 3.8) is 0 Å². The van der Waals surface area contributed by atoms with Crippen LogP contribution in [0.3, 0.4) is 0 Å². The van der Waals surface area contributed by atoms with Gasteiger partial charge in [0.1, 0.15) is 10.8 Å². The number of hydrogen-bond donors (Lipinski definition) is 2. The second-order valence-electron chi connectivity index (χ2n) is 6.23. The van der Waals surface area contributed by atoms with Crippen molar-refractivity contribution in [2.75, 3.05) is 11.9 Å². The molecule has 2 N–H and O–H groups in total. The number of fused-ring (bicyclic) bond motifs is 1. The Kier molecular flexibility index (Phi) is 4.48. The van der Waals surface area contributed by atoms with Gasteiger partial charge in [-0.25, -0.2) is 0 Å². The zero-order valence-electron chi connectivity index (χ0n) is 13.4. The molecule has 1 aromatic carbocycles. The molecule has 2 aliphatic rings. The van der Waals surface area contributed by atoms with Crippen LogP contribution in [0.2, 0.25) is 0 Å². The lowest BCUT2D eigenvalue weighted by Gasteiger charge is -2.58. The molecule has 1 aromatic rings. The first-order chi connectivity index (χ1) is 11.8. The van der Waals surface area contributed by atoms with Crippen LogP contribution in [0, 0.1) is 5.41 Å². The Morgan fingerprint density at radius 3 is 2.52 bits per heavy atom. The van der Waals surface area contributed by atoms with Gasteiger partial charge in [-0.2, -0.15) is 0 Å². The lowest BCUT2D eigenvalue weighted by Crippen LogP contribution is -2.77. The molecule has 2 heterocycles. The zero-order valence-corrected chi connectivity index (χ0v) is 15.8. The quantitative estimate of drug-likeness (QED) is 0.544.